The molecule has 4 nitrogen and oxygen atoms in total. The molecule has 100 valence electrons. The van der Waals surface area contributed by atoms with E-state index in [-0.39, 0.29) is 5.91 Å². The number of hydrogen-bond donors (Lipinski definition) is 0. The molecule has 0 aliphatic rings. The molecule has 5 heteroatoms. The first-order valence-electron chi connectivity index (χ1n) is 5.92. The predicted octanol–water partition coefficient (Wildman–Crippen LogP) is 3.17. The standard InChI is InChI=1S/C14H15IN2O2/c1-9-13(10(2)19-16-9)8-17(3)14(18)11-5-4-6-12(15)7-11/h4-7H,8H2,1-3H3. The Labute approximate surface area is 125 Å². The number of aryl methyl sites for hydroxylation is 2. The first kappa shape index (κ1) is 14.0. The maximum Gasteiger partial charge on any atom is 0.253 e. The van der Waals surface area contributed by atoms with Crippen LogP contribution in [0.3, 0.4) is 0 Å². The summed E-state index contributed by atoms with van der Waals surface area (Å²) in [5.41, 5.74) is 2.50. The Bertz CT molecular complexity index is 588. The van der Waals surface area contributed by atoms with Crippen molar-refractivity contribution >= 4 is 28.5 Å². The molecule has 1 amide bonds. The zero-order valence-corrected chi connectivity index (χ0v) is 13.3. The van der Waals surface area contributed by atoms with Gasteiger partial charge in [-0.1, -0.05) is 11.2 Å². The van der Waals surface area contributed by atoms with Crippen molar-refractivity contribution in [3.8, 4) is 0 Å². The van der Waals surface area contributed by atoms with Crippen molar-refractivity contribution in [2.45, 2.75) is 20.4 Å². The molecule has 0 spiro atoms. The molecular formula is C14H15IN2O2. The van der Waals surface area contributed by atoms with Crippen LogP contribution >= 0.6 is 22.6 Å². The van der Waals surface area contributed by atoms with E-state index in [1.54, 1.807) is 11.9 Å². The molecule has 1 aromatic carbocycles. The number of aromatic nitrogens is 1. The van der Waals surface area contributed by atoms with E-state index in [1.807, 2.05) is 38.1 Å². The summed E-state index contributed by atoms with van der Waals surface area (Å²) in [5.74, 6) is 0.762. The summed E-state index contributed by atoms with van der Waals surface area (Å²) >= 11 is 2.20. The van der Waals surface area contributed by atoms with E-state index < -0.39 is 0 Å². The Morgan fingerprint density at radius 3 is 2.74 bits per heavy atom. The number of hydrogen-bond acceptors (Lipinski definition) is 3. The van der Waals surface area contributed by atoms with Crippen molar-refractivity contribution in [2.24, 2.45) is 0 Å². The lowest BCUT2D eigenvalue weighted by Crippen LogP contribution is -2.26. The molecule has 1 aromatic heterocycles. The van der Waals surface area contributed by atoms with Gasteiger partial charge in [-0.25, -0.2) is 0 Å². The van der Waals surface area contributed by atoms with Crippen LogP contribution in [0, 0.1) is 17.4 Å². The summed E-state index contributed by atoms with van der Waals surface area (Å²) in [6.45, 7) is 4.25. The van der Waals surface area contributed by atoms with Crippen LogP contribution < -0.4 is 0 Å². The van der Waals surface area contributed by atoms with Crippen LogP contribution in [0.5, 0.6) is 0 Å². The third-order valence-electron chi connectivity index (χ3n) is 2.99. The number of rotatable bonds is 3. The molecule has 0 N–H and O–H groups in total. The molecule has 0 aliphatic carbocycles. The highest BCUT2D eigenvalue weighted by molar-refractivity contribution is 14.1. The largest absolute Gasteiger partial charge is 0.361 e. The fourth-order valence-electron chi connectivity index (χ4n) is 1.88. The fourth-order valence-corrected chi connectivity index (χ4v) is 2.42. The van der Waals surface area contributed by atoms with E-state index in [1.165, 1.54) is 0 Å². The second kappa shape index (κ2) is 5.73. The summed E-state index contributed by atoms with van der Waals surface area (Å²) in [5, 5.41) is 3.90. The Balaban J connectivity index is 2.16. The van der Waals surface area contributed by atoms with Crippen LogP contribution in [0.1, 0.15) is 27.4 Å². The van der Waals surface area contributed by atoms with E-state index >= 15 is 0 Å². The van der Waals surface area contributed by atoms with Crippen LogP contribution in [-0.2, 0) is 6.54 Å². The van der Waals surface area contributed by atoms with E-state index in [9.17, 15) is 4.79 Å². The minimum Gasteiger partial charge on any atom is -0.361 e. The molecule has 19 heavy (non-hydrogen) atoms. The predicted molar refractivity (Wildman–Crippen MR) is 80.9 cm³/mol. The van der Waals surface area contributed by atoms with E-state index in [0.717, 1.165) is 20.6 Å². The molecule has 2 aromatic rings. The van der Waals surface area contributed by atoms with Gasteiger partial charge in [-0.3, -0.25) is 4.79 Å². The molecule has 0 fully saturated rings. The number of carbonyl (C=O) groups is 1. The molecule has 2 rings (SSSR count). The maximum atomic E-state index is 12.3. The lowest BCUT2D eigenvalue weighted by molar-refractivity contribution is 0.0784. The molecule has 0 atom stereocenters. The topological polar surface area (TPSA) is 46.3 Å². The first-order valence-corrected chi connectivity index (χ1v) is 6.99. The van der Waals surface area contributed by atoms with Gasteiger partial charge in [0.25, 0.3) is 5.91 Å². The van der Waals surface area contributed by atoms with Gasteiger partial charge in [0, 0.05) is 21.7 Å². The van der Waals surface area contributed by atoms with E-state index in [4.69, 9.17) is 4.52 Å². The number of halogens is 1. The molecule has 0 aliphatic heterocycles. The molecule has 0 saturated carbocycles. The summed E-state index contributed by atoms with van der Waals surface area (Å²) < 4.78 is 6.16. The quantitative estimate of drug-likeness (QED) is 0.780. The monoisotopic (exact) mass is 370 g/mol. The van der Waals surface area contributed by atoms with Crippen LogP contribution in [0.4, 0.5) is 0 Å². The highest BCUT2D eigenvalue weighted by atomic mass is 127. The third kappa shape index (κ3) is 3.15. The van der Waals surface area contributed by atoms with Crippen molar-refractivity contribution in [1.29, 1.82) is 0 Å². The van der Waals surface area contributed by atoms with Gasteiger partial charge in [0.05, 0.1) is 12.2 Å². The first-order chi connectivity index (χ1) is 8.99. The summed E-state index contributed by atoms with van der Waals surface area (Å²) in [6, 6.07) is 7.56. The van der Waals surface area contributed by atoms with Gasteiger partial charge in [-0.2, -0.15) is 0 Å². The van der Waals surface area contributed by atoms with Gasteiger partial charge >= 0.3 is 0 Å². The van der Waals surface area contributed by atoms with Crippen molar-refractivity contribution in [3.63, 3.8) is 0 Å². The van der Waals surface area contributed by atoms with Crippen LogP contribution in [0.2, 0.25) is 0 Å². The second-order valence-electron chi connectivity index (χ2n) is 4.47. The molecule has 1 heterocycles. The zero-order chi connectivity index (χ0) is 14.0. The SMILES string of the molecule is Cc1noc(C)c1CN(C)C(=O)c1cccc(I)c1. The maximum absolute atomic E-state index is 12.3. The van der Waals surface area contributed by atoms with Crippen molar-refractivity contribution in [2.75, 3.05) is 7.05 Å². The Morgan fingerprint density at radius 2 is 2.16 bits per heavy atom. The fraction of sp³-hybridized carbons (Fsp3) is 0.286. The third-order valence-corrected chi connectivity index (χ3v) is 3.67. The smallest absolute Gasteiger partial charge is 0.253 e. The zero-order valence-electron chi connectivity index (χ0n) is 11.1. The normalized spacial score (nSPS) is 10.5. The van der Waals surface area contributed by atoms with Crippen LogP contribution in [-0.4, -0.2) is 23.0 Å². The summed E-state index contributed by atoms with van der Waals surface area (Å²) in [6.07, 6.45) is 0. The molecule has 0 saturated heterocycles. The second-order valence-corrected chi connectivity index (χ2v) is 5.72. The molecule has 0 bridgehead atoms. The minimum absolute atomic E-state index is 0.00137. The number of benzene rings is 1. The Hall–Kier alpha value is -1.37. The minimum atomic E-state index is -0.00137. The van der Waals surface area contributed by atoms with E-state index in [0.29, 0.717) is 12.1 Å². The van der Waals surface area contributed by atoms with Gasteiger partial charge in [0.15, 0.2) is 0 Å². The summed E-state index contributed by atoms with van der Waals surface area (Å²) in [7, 11) is 1.79. The average Bonchev–Trinajstić information content (AvgIpc) is 2.69. The highest BCUT2D eigenvalue weighted by Gasteiger charge is 2.16. The van der Waals surface area contributed by atoms with Gasteiger partial charge in [-0.05, 0) is 54.6 Å². The number of carbonyl (C=O) groups excluding carboxylic acids is 1. The average molecular weight is 370 g/mol. The van der Waals surface area contributed by atoms with Crippen molar-refractivity contribution < 1.29 is 9.32 Å². The van der Waals surface area contributed by atoms with Gasteiger partial charge in [0.1, 0.15) is 5.76 Å². The Kier molecular flexibility index (Phi) is 4.24. The highest BCUT2D eigenvalue weighted by Crippen LogP contribution is 2.16. The molecule has 0 unspecified atom stereocenters. The summed E-state index contributed by atoms with van der Waals surface area (Å²) in [4.78, 5) is 14.0. The lowest BCUT2D eigenvalue weighted by atomic mass is 10.1. The van der Waals surface area contributed by atoms with Gasteiger partial charge in [0.2, 0.25) is 0 Å². The van der Waals surface area contributed by atoms with Crippen LogP contribution in [0.25, 0.3) is 0 Å². The number of amides is 1. The lowest BCUT2D eigenvalue weighted by Gasteiger charge is -2.17. The van der Waals surface area contributed by atoms with E-state index in [2.05, 4.69) is 27.7 Å². The Morgan fingerprint density at radius 1 is 1.42 bits per heavy atom. The van der Waals surface area contributed by atoms with Crippen LogP contribution in [0.15, 0.2) is 28.8 Å². The van der Waals surface area contributed by atoms with Gasteiger partial charge < -0.3 is 9.42 Å². The van der Waals surface area contributed by atoms with Crippen molar-refractivity contribution in [3.05, 3.63) is 50.4 Å². The molecule has 0 radical (unpaired) electrons. The molecular weight excluding hydrogens is 355 g/mol. The van der Waals surface area contributed by atoms with Gasteiger partial charge in [-0.15, -0.1) is 0 Å². The van der Waals surface area contributed by atoms with Crippen molar-refractivity contribution in [1.82, 2.24) is 10.1 Å². The number of nitrogens with zero attached hydrogens (tertiary/aromatic N) is 2.